The maximum atomic E-state index is 11.4. The number of carbonyl (C=O) groups excluding carboxylic acids is 1. The van der Waals surface area contributed by atoms with E-state index >= 15 is 0 Å². The van der Waals surface area contributed by atoms with Gasteiger partial charge in [0.15, 0.2) is 11.7 Å². The van der Waals surface area contributed by atoms with Crippen LogP contribution in [0.25, 0.3) is 11.3 Å². The molecule has 0 saturated heterocycles. The first-order chi connectivity index (χ1) is 9.76. The molecular formula is C15H16N2O3. The molecule has 1 aliphatic rings. The lowest BCUT2D eigenvalue weighted by Gasteiger charge is -2.04. The Balaban J connectivity index is 1.69. The van der Waals surface area contributed by atoms with Gasteiger partial charge in [-0.15, -0.1) is 0 Å². The lowest BCUT2D eigenvalue weighted by molar-refractivity contribution is -0.119. The van der Waals surface area contributed by atoms with Crippen molar-refractivity contribution in [3.8, 4) is 11.3 Å². The molecule has 5 heteroatoms. The SMILES string of the molecule is COCC(=O)Nc1ccc(-c2cnc(C3CC3)o2)cc1. The third-order valence-corrected chi connectivity index (χ3v) is 3.18. The zero-order valence-electron chi connectivity index (χ0n) is 11.3. The number of nitrogens with zero attached hydrogens (tertiary/aromatic N) is 1. The Morgan fingerprint density at radius 2 is 2.15 bits per heavy atom. The van der Waals surface area contributed by atoms with Gasteiger partial charge < -0.3 is 14.5 Å². The molecule has 1 amide bonds. The molecule has 0 unspecified atom stereocenters. The zero-order valence-corrected chi connectivity index (χ0v) is 11.3. The van der Waals surface area contributed by atoms with Gasteiger partial charge >= 0.3 is 0 Å². The van der Waals surface area contributed by atoms with E-state index in [0.29, 0.717) is 5.92 Å². The van der Waals surface area contributed by atoms with Gasteiger partial charge in [-0.2, -0.15) is 0 Å². The van der Waals surface area contributed by atoms with Crippen molar-refractivity contribution >= 4 is 11.6 Å². The number of rotatable bonds is 5. The Morgan fingerprint density at radius 3 is 2.80 bits per heavy atom. The quantitative estimate of drug-likeness (QED) is 0.909. The Hall–Kier alpha value is -2.14. The average molecular weight is 272 g/mol. The second-order valence-electron chi connectivity index (χ2n) is 4.90. The van der Waals surface area contributed by atoms with Crippen molar-refractivity contribution < 1.29 is 13.9 Å². The number of hydrogen-bond donors (Lipinski definition) is 1. The molecule has 1 heterocycles. The molecule has 0 aliphatic heterocycles. The highest BCUT2D eigenvalue weighted by Crippen LogP contribution is 2.40. The van der Waals surface area contributed by atoms with Gasteiger partial charge in [0.05, 0.1) is 6.20 Å². The molecule has 0 radical (unpaired) electrons. The van der Waals surface area contributed by atoms with Crippen LogP contribution >= 0.6 is 0 Å². The molecule has 0 bridgehead atoms. The second-order valence-corrected chi connectivity index (χ2v) is 4.90. The Bertz CT molecular complexity index is 600. The number of anilines is 1. The normalized spacial score (nSPS) is 14.2. The van der Waals surface area contributed by atoms with Gasteiger partial charge in [0.25, 0.3) is 0 Å². The number of nitrogens with one attached hydrogen (secondary N) is 1. The minimum Gasteiger partial charge on any atom is -0.440 e. The molecule has 2 aromatic rings. The molecule has 1 N–H and O–H groups in total. The Kier molecular flexibility index (Phi) is 3.52. The minimum absolute atomic E-state index is 0.0502. The smallest absolute Gasteiger partial charge is 0.250 e. The number of aromatic nitrogens is 1. The fourth-order valence-corrected chi connectivity index (χ4v) is 1.99. The summed E-state index contributed by atoms with van der Waals surface area (Å²) in [6.07, 6.45) is 4.10. The summed E-state index contributed by atoms with van der Waals surface area (Å²) in [4.78, 5) is 15.7. The fourth-order valence-electron chi connectivity index (χ4n) is 1.99. The van der Waals surface area contributed by atoms with Gasteiger partial charge in [-0.05, 0) is 37.1 Å². The van der Waals surface area contributed by atoms with Crippen molar-refractivity contribution in [2.75, 3.05) is 19.0 Å². The third kappa shape index (κ3) is 2.88. The van der Waals surface area contributed by atoms with Crippen LogP contribution in [0.3, 0.4) is 0 Å². The predicted octanol–water partition coefficient (Wildman–Crippen LogP) is 2.80. The van der Waals surface area contributed by atoms with E-state index in [-0.39, 0.29) is 12.5 Å². The molecule has 5 nitrogen and oxygen atoms in total. The van der Waals surface area contributed by atoms with E-state index in [4.69, 9.17) is 9.15 Å². The molecule has 104 valence electrons. The number of methoxy groups -OCH3 is 1. The monoisotopic (exact) mass is 272 g/mol. The largest absolute Gasteiger partial charge is 0.440 e. The van der Waals surface area contributed by atoms with E-state index in [0.717, 1.165) is 22.9 Å². The van der Waals surface area contributed by atoms with Crippen molar-refractivity contribution in [3.63, 3.8) is 0 Å². The van der Waals surface area contributed by atoms with Gasteiger partial charge in [-0.3, -0.25) is 4.79 Å². The van der Waals surface area contributed by atoms with Crippen molar-refractivity contribution in [1.82, 2.24) is 4.98 Å². The summed E-state index contributed by atoms with van der Waals surface area (Å²) >= 11 is 0. The van der Waals surface area contributed by atoms with Gasteiger partial charge in [0, 0.05) is 24.3 Å². The maximum Gasteiger partial charge on any atom is 0.250 e. The third-order valence-electron chi connectivity index (χ3n) is 3.18. The van der Waals surface area contributed by atoms with E-state index in [1.54, 1.807) is 6.20 Å². The molecule has 1 saturated carbocycles. The van der Waals surface area contributed by atoms with Crippen LogP contribution in [0.1, 0.15) is 24.7 Å². The van der Waals surface area contributed by atoms with Gasteiger partial charge in [0.2, 0.25) is 5.91 Å². The summed E-state index contributed by atoms with van der Waals surface area (Å²) in [5.74, 6) is 1.94. The number of oxazole rings is 1. The molecular weight excluding hydrogens is 256 g/mol. The number of carbonyl (C=O) groups is 1. The predicted molar refractivity (Wildman–Crippen MR) is 74.4 cm³/mol. The van der Waals surface area contributed by atoms with E-state index in [2.05, 4.69) is 10.3 Å². The second kappa shape index (κ2) is 5.46. The van der Waals surface area contributed by atoms with Gasteiger partial charge in [-0.1, -0.05) is 0 Å². The summed E-state index contributed by atoms with van der Waals surface area (Å²) in [5.41, 5.74) is 1.69. The topological polar surface area (TPSA) is 64.4 Å². The highest BCUT2D eigenvalue weighted by atomic mass is 16.5. The summed E-state index contributed by atoms with van der Waals surface area (Å²) in [6.45, 7) is 0.0502. The Morgan fingerprint density at radius 1 is 1.40 bits per heavy atom. The van der Waals surface area contributed by atoms with E-state index in [1.807, 2.05) is 24.3 Å². The lowest BCUT2D eigenvalue weighted by atomic mass is 10.2. The van der Waals surface area contributed by atoms with Gasteiger partial charge in [-0.25, -0.2) is 4.98 Å². The number of benzene rings is 1. The van der Waals surface area contributed by atoms with Crippen molar-refractivity contribution in [2.24, 2.45) is 0 Å². The molecule has 1 fully saturated rings. The summed E-state index contributed by atoms with van der Waals surface area (Å²) in [6, 6.07) is 7.48. The lowest BCUT2D eigenvalue weighted by Crippen LogP contribution is -2.16. The van der Waals surface area contributed by atoms with E-state index in [1.165, 1.54) is 20.0 Å². The summed E-state index contributed by atoms with van der Waals surface area (Å²) < 4.78 is 10.5. The van der Waals surface area contributed by atoms with Crippen LogP contribution in [0, 0.1) is 0 Å². The molecule has 20 heavy (non-hydrogen) atoms. The molecule has 1 aromatic carbocycles. The Labute approximate surface area is 117 Å². The number of hydrogen-bond acceptors (Lipinski definition) is 4. The molecule has 0 atom stereocenters. The van der Waals surface area contributed by atoms with Crippen LogP contribution < -0.4 is 5.32 Å². The standard InChI is InChI=1S/C15H16N2O3/c1-19-9-14(18)17-12-6-4-10(5-7-12)13-8-16-15(20-13)11-2-3-11/h4-8,11H,2-3,9H2,1H3,(H,17,18). The van der Waals surface area contributed by atoms with Crippen molar-refractivity contribution in [3.05, 3.63) is 36.4 Å². The van der Waals surface area contributed by atoms with Crippen LogP contribution in [-0.4, -0.2) is 24.6 Å². The van der Waals surface area contributed by atoms with E-state index < -0.39 is 0 Å². The van der Waals surface area contributed by atoms with Crippen LogP contribution in [0.15, 0.2) is 34.9 Å². The van der Waals surface area contributed by atoms with E-state index in [9.17, 15) is 4.79 Å². The fraction of sp³-hybridized carbons (Fsp3) is 0.333. The first-order valence-corrected chi connectivity index (χ1v) is 6.61. The van der Waals surface area contributed by atoms with Crippen molar-refractivity contribution in [2.45, 2.75) is 18.8 Å². The highest BCUT2D eigenvalue weighted by Gasteiger charge is 2.28. The van der Waals surface area contributed by atoms with Crippen LogP contribution in [0.5, 0.6) is 0 Å². The molecule has 3 rings (SSSR count). The van der Waals surface area contributed by atoms with Crippen molar-refractivity contribution in [1.29, 1.82) is 0 Å². The molecule has 1 aliphatic carbocycles. The first kappa shape index (κ1) is 12.9. The maximum absolute atomic E-state index is 11.4. The zero-order chi connectivity index (χ0) is 13.9. The summed E-state index contributed by atoms with van der Waals surface area (Å²) in [5, 5.41) is 2.74. The average Bonchev–Trinajstić information content (AvgIpc) is 3.18. The van der Waals surface area contributed by atoms with Crippen LogP contribution in [0.4, 0.5) is 5.69 Å². The first-order valence-electron chi connectivity index (χ1n) is 6.61. The van der Waals surface area contributed by atoms with Gasteiger partial charge in [0.1, 0.15) is 6.61 Å². The summed E-state index contributed by atoms with van der Waals surface area (Å²) in [7, 11) is 1.49. The van der Waals surface area contributed by atoms with Crippen LogP contribution in [0.2, 0.25) is 0 Å². The molecule has 1 aromatic heterocycles. The minimum atomic E-state index is -0.170. The molecule has 0 spiro atoms. The van der Waals surface area contributed by atoms with Crippen LogP contribution in [-0.2, 0) is 9.53 Å². The number of ether oxygens (including phenoxy) is 1. The highest BCUT2D eigenvalue weighted by molar-refractivity contribution is 5.91. The number of amides is 1.